The van der Waals surface area contributed by atoms with Gasteiger partial charge >= 0.3 is 5.97 Å². The lowest BCUT2D eigenvalue weighted by Gasteiger charge is -2.39. The fraction of sp³-hybridized carbons (Fsp3) is 0.423. The van der Waals surface area contributed by atoms with E-state index in [1.54, 1.807) is 12.3 Å². The summed E-state index contributed by atoms with van der Waals surface area (Å²) in [4.78, 5) is 15.9. The number of pyridine rings is 1. The van der Waals surface area contributed by atoms with Gasteiger partial charge in [0.15, 0.2) is 0 Å². The number of nitriles is 1. The Bertz CT molecular complexity index is 954. The molecule has 3 aliphatic rings. The summed E-state index contributed by atoms with van der Waals surface area (Å²) < 4.78 is 5.24. The number of hydrogen-bond donors (Lipinski definition) is 1. The highest BCUT2D eigenvalue weighted by molar-refractivity contribution is 5.83. The number of rotatable bonds is 2. The first-order valence-electron chi connectivity index (χ1n) is 10.8. The van der Waals surface area contributed by atoms with Gasteiger partial charge in [-0.3, -0.25) is 9.78 Å². The zero-order valence-corrected chi connectivity index (χ0v) is 18.5. The molecule has 5 heteroatoms. The number of nitrogens with zero attached hydrogens (tertiary/aromatic N) is 2. The van der Waals surface area contributed by atoms with Crippen LogP contribution in [-0.4, -0.2) is 22.6 Å². The number of carbonyl (C=O) groups excluding carboxylic acids is 1. The minimum absolute atomic E-state index is 0.00227. The number of allylic oxidation sites excluding steroid dienone is 6. The molecule has 1 saturated carbocycles. The van der Waals surface area contributed by atoms with Crippen LogP contribution >= 0.6 is 0 Å². The minimum atomic E-state index is -0.689. The fourth-order valence-corrected chi connectivity index (χ4v) is 4.66. The second-order valence-corrected chi connectivity index (χ2v) is 8.85. The lowest BCUT2D eigenvalue weighted by atomic mass is 9.65. The molecular weight excluding hydrogens is 386 g/mol. The molecule has 4 rings (SSSR count). The largest absolute Gasteiger partial charge is 0.461 e. The van der Waals surface area contributed by atoms with E-state index in [0.717, 1.165) is 29.7 Å². The smallest absolute Gasteiger partial charge is 0.326 e. The van der Waals surface area contributed by atoms with Crippen LogP contribution in [0.3, 0.4) is 0 Å². The van der Waals surface area contributed by atoms with E-state index in [2.05, 4.69) is 31.5 Å². The number of ether oxygens (including phenoxy) is 1. The van der Waals surface area contributed by atoms with Crippen LogP contribution in [0.2, 0.25) is 0 Å². The van der Waals surface area contributed by atoms with E-state index in [0.29, 0.717) is 11.8 Å². The third-order valence-electron chi connectivity index (χ3n) is 6.80. The van der Waals surface area contributed by atoms with Gasteiger partial charge in [-0.25, -0.2) is 0 Å². The maximum absolute atomic E-state index is 11.6. The molecule has 1 aliphatic heterocycles. The molecule has 2 fully saturated rings. The predicted octanol–water partition coefficient (Wildman–Crippen LogP) is 4.70. The Labute approximate surface area is 185 Å². The van der Waals surface area contributed by atoms with Crippen molar-refractivity contribution in [3.63, 3.8) is 0 Å². The molecule has 2 heterocycles. The average molecular weight is 418 g/mol. The first-order chi connectivity index (χ1) is 14.8. The van der Waals surface area contributed by atoms with E-state index >= 15 is 0 Å². The zero-order valence-electron chi connectivity index (χ0n) is 18.5. The van der Waals surface area contributed by atoms with E-state index < -0.39 is 5.54 Å². The molecule has 2 aliphatic carbocycles. The van der Waals surface area contributed by atoms with Crippen LogP contribution in [0.1, 0.15) is 50.8 Å². The van der Waals surface area contributed by atoms with Crippen LogP contribution in [0.15, 0.2) is 60.9 Å². The van der Waals surface area contributed by atoms with Gasteiger partial charge in [-0.05, 0) is 55.4 Å². The Balaban J connectivity index is 0.000000179. The molecule has 0 spiro atoms. The summed E-state index contributed by atoms with van der Waals surface area (Å²) in [6, 6.07) is 6.12. The van der Waals surface area contributed by atoms with Crippen molar-refractivity contribution < 1.29 is 9.53 Å². The van der Waals surface area contributed by atoms with E-state index in [1.165, 1.54) is 0 Å². The number of aromatic nitrogens is 1. The van der Waals surface area contributed by atoms with Crippen LogP contribution in [0.5, 0.6) is 0 Å². The van der Waals surface area contributed by atoms with Crippen LogP contribution in [0, 0.1) is 29.1 Å². The molecule has 2 N–H and O–H groups in total. The molecule has 1 saturated heterocycles. The maximum atomic E-state index is 11.6. The highest BCUT2D eigenvalue weighted by atomic mass is 16.6. The number of esters is 1. The first kappa shape index (κ1) is 22.7. The zero-order chi connectivity index (χ0) is 22.6. The second kappa shape index (κ2) is 9.45. The molecule has 6 unspecified atom stereocenters. The topological polar surface area (TPSA) is 89.0 Å². The van der Waals surface area contributed by atoms with Crippen molar-refractivity contribution in [2.24, 2.45) is 23.5 Å². The molecule has 5 nitrogen and oxygen atoms in total. The summed E-state index contributed by atoms with van der Waals surface area (Å²) in [6.07, 6.45) is 14.9. The molecule has 0 amide bonds. The van der Waals surface area contributed by atoms with Gasteiger partial charge in [0.2, 0.25) is 0 Å². The van der Waals surface area contributed by atoms with E-state index in [9.17, 15) is 4.79 Å². The van der Waals surface area contributed by atoms with Gasteiger partial charge in [0.25, 0.3) is 0 Å². The Kier molecular flexibility index (Phi) is 6.92. The van der Waals surface area contributed by atoms with Crippen LogP contribution in [-0.2, 0) is 9.53 Å². The lowest BCUT2D eigenvalue weighted by Crippen LogP contribution is -2.55. The molecule has 0 bridgehead atoms. The number of nitrogens with two attached hydrogens (primary N) is 1. The highest BCUT2D eigenvalue weighted by Crippen LogP contribution is 2.45. The SMILES string of the molecule is C=Cc1ccc(C2C=CC=CC=C2C#N)cn1.CC1CC2C(C)OC(=O)C2(N)CC1C. The van der Waals surface area contributed by atoms with Crippen molar-refractivity contribution in [3.8, 4) is 6.07 Å². The number of carbonyl (C=O) groups is 1. The van der Waals surface area contributed by atoms with Crippen molar-refractivity contribution in [2.45, 2.75) is 51.2 Å². The lowest BCUT2D eigenvalue weighted by molar-refractivity contribution is -0.145. The normalized spacial score (nSPS) is 33.7. The van der Waals surface area contributed by atoms with Crippen LogP contribution in [0.4, 0.5) is 0 Å². The Morgan fingerprint density at radius 2 is 2.03 bits per heavy atom. The third-order valence-corrected chi connectivity index (χ3v) is 6.80. The Morgan fingerprint density at radius 1 is 1.26 bits per heavy atom. The average Bonchev–Trinajstić information content (AvgIpc) is 2.93. The quantitative estimate of drug-likeness (QED) is 0.705. The number of hydrogen-bond acceptors (Lipinski definition) is 5. The van der Waals surface area contributed by atoms with Crippen molar-refractivity contribution in [2.75, 3.05) is 0 Å². The van der Waals surface area contributed by atoms with Crippen molar-refractivity contribution >= 4 is 12.0 Å². The summed E-state index contributed by atoms with van der Waals surface area (Å²) >= 11 is 0. The van der Waals surface area contributed by atoms with E-state index in [1.807, 2.05) is 49.4 Å². The number of fused-ring (bicyclic) bond motifs is 1. The monoisotopic (exact) mass is 417 g/mol. The fourth-order valence-electron chi connectivity index (χ4n) is 4.66. The minimum Gasteiger partial charge on any atom is -0.461 e. The summed E-state index contributed by atoms with van der Waals surface area (Å²) in [6.45, 7) is 10.0. The van der Waals surface area contributed by atoms with Gasteiger partial charge in [0.05, 0.1) is 11.8 Å². The van der Waals surface area contributed by atoms with Gasteiger partial charge in [-0.2, -0.15) is 5.26 Å². The van der Waals surface area contributed by atoms with Gasteiger partial charge < -0.3 is 10.5 Å². The van der Waals surface area contributed by atoms with Crippen LogP contribution < -0.4 is 5.73 Å². The third kappa shape index (κ3) is 4.70. The first-order valence-corrected chi connectivity index (χ1v) is 10.8. The standard InChI is InChI=1S/C15H12N2.C11H19NO2/c1-2-14-9-8-13(11-17-14)15-7-5-3-4-6-12(15)10-16;1-6-4-9-8(3)14-10(13)11(9,12)5-7(6)2/h2-9,11,15H,1H2;6-9H,4-5,12H2,1-3H3. The van der Waals surface area contributed by atoms with E-state index in [4.69, 9.17) is 15.7 Å². The molecule has 31 heavy (non-hydrogen) atoms. The number of cyclic esters (lactones) is 1. The summed E-state index contributed by atoms with van der Waals surface area (Å²) in [5.74, 6) is 1.19. The molecule has 162 valence electrons. The van der Waals surface area contributed by atoms with Crippen molar-refractivity contribution in [3.05, 3.63) is 72.1 Å². The molecule has 1 aromatic rings. The summed E-state index contributed by atoms with van der Waals surface area (Å²) in [5, 5.41) is 9.13. The molecular formula is C26H31N3O2. The predicted molar refractivity (Wildman–Crippen MR) is 123 cm³/mol. The molecule has 6 atom stereocenters. The van der Waals surface area contributed by atoms with E-state index in [-0.39, 0.29) is 23.9 Å². The maximum Gasteiger partial charge on any atom is 0.326 e. The summed E-state index contributed by atoms with van der Waals surface area (Å²) in [5.41, 5.74) is 8.07. The molecule has 0 aromatic carbocycles. The molecule has 0 radical (unpaired) electrons. The van der Waals surface area contributed by atoms with Crippen molar-refractivity contribution in [1.29, 1.82) is 5.26 Å². The highest BCUT2D eigenvalue weighted by Gasteiger charge is 2.56. The second-order valence-electron chi connectivity index (χ2n) is 8.85. The Morgan fingerprint density at radius 3 is 2.68 bits per heavy atom. The van der Waals surface area contributed by atoms with Crippen molar-refractivity contribution in [1.82, 2.24) is 4.98 Å². The van der Waals surface area contributed by atoms with Gasteiger partial charge in [-0.1, -0.05) is 50.8 Å². The summed E-state index contributed by atoms with van der Waals surface area (Å²) in [7, 11) is 0. The van der Waals surface area contributed by atoms with Crippen LogP contribution in [0.25, 0.3) is 6.08 Å². The van der Waals surface area contributed by atoms with Gasteiger partial charge in [0, 0.05) is 23.6 Å². The Hall–Kier alpha value is -2.97. The van der Waals surface area contributed by atoms with Gasteiger partial charge in [-0.15, -0.1) is 0 Å². The molecule has 1 aromatic heterocycles. The van der Waals surface area contributed by atoms with Gasteiger partial charge in [0.1, 0.15) is 11.6 Å².